The third kappa shape index (κ3) is 11.6. The first kappa shape index (κ1) is 44.5. The number of carbonyl (C=O) groups is 4. The third-order valence-corrected chi connectivity index (χ3v) is 12.1. The van der Waals surface area contributed by atoms with Gasteiger partial charge in [0.1, 0.15) is 5.78 Å². The van der Waals surface area contributed by atoms with Gasteiger partial charge in [-0.2, -0.15) is 0 Å². The number of rotatable bonds is 20. The number of hydrogen-bond acceptors (Lipinski definition) is 8. The molecule has 11 nitrogen and oxygen atoms in total. The first-order valence-corrected chi connectivity index (χ1v) is 20.0. The van der Waals surface area contributed by atoms with Gasteiger partial charge in [-0.3, -0.25) is 19.2 Å². The van der Waals surface area contributed by atoms with E-state index in [0.29, 0.717) is 19.4 Å². The minimum atomic E-state index is -0.576. The summed E-state index contributed by atoms with van der Waals surface area (Å²) >= 11 is 0. The zero-order chi connectivity index (χ0) is 39.4. The van der Waals surface area contributed by atoms with Crippen molar-refractivity contribution in [3.05, 3.63) is 35.9 Å². The Balaban J connectivity index is 1.75. The van der Waals surface area contributed by atoms with Gasteiger partial charge in [0.05, 0.1) is 30.7 Å². The van der Waals surface area contributed by atoms with Gasteiger partial charge in [0, 0.05) is 84.3 Å². The van der Waals surface area contributed by atoms with E-state index in [1.807, 2.05) is 74.8 Å². The van der Waals surface area contributed by atoms with Crippen LogP contribution < -0.4 is 5.32 Å². The Morgan fingerprint density at radius 2 is 1.58 bits per heavy atom. The zero-order valence-corrected chi connectivity index (χ0v) is 34.3. The van der Waals surface area contributed by atoms with E-state index >= 15 is 0 Å². The highest BCUT2D eigenvalue weighted by molar-refractivity contribution is 5.87. The first-order valence-electron chi connectivity index (χ1n) is 20.0. The summed E-state index contributed by atoms with van der Waals surface area (Å²) in [5.74, 6) is -1.42. The second-order valence-electron chi connectivity index (χ2n) is 16.2. The van der Waals surface area contributed by atoms with Gasteiger partial charge < -0.3 is 34.6 Å². The normalized spacial score (nSPS) is 23.2. The lowest BCUT2D eigenvalue weighted by atomic mass is 9.85. The van der Waals surface area contributed by atoms with Crippen molar-refractivity contribution in [2.24, 2.45) is 29.6 Å². The smallest absolute Gasteiger partial charge is 0.226 e. The molecule has 2 saturated heterocycles. The average Bonchev–Trinajstić information content (AvgIpc) is 3.62. The quantitative estimate of drug-likeness (QED) is 0.199. The van der Waals surface area contributed by atoms with Crippen LogP contribution in [-0.2, 0) is 35.1 Å². The number of ketones is 1. The Bertz CT molecular complexity index is 1300. The molecule has 2 N–H and O–H groups in total. The molecular weight excluding hydrogens is 672 g/mol. The van der Waals surface area contributed by atoms with Crippen molar-refractivity contribution >= 4 is 23.5 Å². The fraction of sp³-hybridized carbons (Fsp3) is 0.762. The molecule has 0 spiro atoms. The maximum absolute atomic E-state index is 14.3. The molecule has 3 rings (SSSR count). The van der Waals surface area contributed by atoms with Crippen molar-refractivity contribution in [3.8, 4) is 0 Å². The fourth-order valence-corrected chi connectivity index (χ4v) is 8.75. The van der Waals surface area contributed by atoms with Gasteiger partial charge in [-0.25, -0.2) is 0 Å². The molecule has 2 aliphatic rings. The summed E-state index contributed by atoms with van der Waals surface area (Å²) in [5, 5.41) is 13.5. The van der Waals surface area contributed by atoms with E-state index in [0.717, 1.165) is 31.5 Å². The molecule has 53 heavy (non-hydrogen) atoms. The summed E-state index contributed by atoms with van der Waals surface area (Å²) in [5.41, 5.74) is 1.08. The first-order chi connectivity index (χ1) is 25.2. The summed E-state index contributed by atoms with van der Waals surface area (Å²) in [7, 11) is 4.98. The topological polar surface area (TPSA) is 129 Å². The van der Waals surface area contributed by atoms with Gasteiger partial charge in [-0.05, 0) is 56.4 Å². The van der Waals surface area contributed by atoms with Crippen molar-refractivity contribution in [2.45, 2.75) is 130 Å². The fourth-order valence-electron chi connectivity index (χ4n) is 8.75. The lowest BCUT2D eigenvalue weighted by Gasteiger charge is -2.42. The third-order valence-electron chi connectivity index (χ3n) is 12.1. The van der Waals surface area contributed by atoms with Crippen molar-refractivity contribution in [3.63, 3.8) is 0 Å². The molecule has 0 aromatic heterocycles. The summed E-state index contributed by atoms with van der Waals surface area (Å²) in [6.45, 7) is 16.0. The van der Waals surface area contributed by atoms with Crippen LogP contribution in [0.2, 0.25) is 0 Å². The highest BCUT2D eigenvalue weighted by Gasteiger charge is 2.43. The lowest BCUT2D eigenvalue weighted by molar-refractivity contribution is -0.151. The summed E-state index contributed by atoms with van der Waals surface area (Å²) in [6.07, 6.45) is 2.26. The monoisotopic (exact) mass is 743 g/mol. The van der Waals surface area contributed by atoms with Crippen LogP contribution in [0.5, 0.6) is 0 Å². The van der Waals surface area contributed by atoms with Crippen molar-refractivity contribution in [2.75, 3.05) is 47.5 Å². The van der Waals surface area contributed by atoms with E-state index in [9.17, 15) is 24.3 Å². The maximum Gasteiger partial charge on any atom is 0.226 e. The number of benzene rings is 1. The van der Waals surface area contributed by atoms with E-state index in [4.69, 9.17) is 9.47 Å². The largest absolute Gasteiger partial charge is 0.396 e. The number of nitrogens with zero attached hydrogens (tertiary/aromatic N) is 3. The number of likely N-dealkylation sites (tertiary alicyclic amines) is 1. The van der Waals surface area contributed by atoms with Gasteiger partial charge in [-0.15, -0.1) is 0 Å². The summed E-state index contributed by atoms with van der Waals surface area (Å²) in [4.78, 5) is 61.3. The molecule has 0 bridgehead atoms. The number of methoxy groups -OCH3 is 2. The highest BCUT2D eigenvalue weighted by atomic mass is 16.5. The number of aliphatic hydroxyl groups is 1. The highest BCUT2D eigenvalue weighted by Crippen LogP contribution is 2.32. The molecule has 0 aliphatic carbocycles. The number of ether oxygens (including phenoxy) is 2. The van der Waals surface area contributed by atoms with E-state index in [2.05, 4.69) is 19.2 Å². The molecule has 3 amide bonds. The van der Waals surface area contributed by atoms with Crippen LogP contribution in [0.4, 0.5) is 0 Å². The molecule has 1 aromatic carbocycles. The van der Waals surface area contributed by atoms with Crippen LogP contribution in [0.25, 0.3) is 0 Å². The number of nitrogens with one attached hydrogen (secondary N) is 1. The molecule has 11 heteroatoms. The van der Waals surface area contributed by atoms with Crippen LogP contribution in [0.1, 0.15) is 92.6 Å². The molecule has 0 unspecified atom stereocenters. The Kier molecular flexibility index (Phi) is 17.9. The molecule has 0 saturated carbocycles. The van der Waals surface area contributed by atoms with Crippen LogP contribution >= 0.6 is 0 Å². The van der Waals surface area contributed by atoms with Crippen LogP contribution in [0.3, 0.4) is 0 Å². The lowest BCUT2D eigenvalue weighted by Crippen LogP contribution is -2.58. The average molecular weight is 743 g/mol. The number of piperazine rings is 1. The predicted octanol–water partition coefficient (Wildman–Crippen LogP) is 4.59. The van der Waals surface area contributed by atoms with Gasteiger partial charge in [-0.1, -0.05) is 71.4 Å². The van der Waals surface area contributed by atoms with Crippen molar-refractivity contribution in [1.29, 1.82) is 0 Å². The minimum absolute atomic E-state index is 0.00549. The van der Waals surface area contributed by atoms with E-state index in [-0.39, 0.29) is 85.3 Å². The van der Waals surface area contributed by atoms with E-state index < -0.39 is 30.1 Å². The second kappa shape index (κ2) is 21.3. The Hall–Kier alpha value is -2.86. The minimum Gasteiger partial charge on any atom is -0.396 e. The Morgan fingerprint density at radius 1 is 0.943 bits per heavy atom. The molecule has 300 valence electrons. The number of Topliss-reactive ketones (excluding diaryl/α,β-unsaturated/α-hetero) is 1. The number of likely N-dealkylation sites (N-methyl/N-ethyl adjacent to an activating group) is 1. The van der Waals surface area contributed by atoms with E-state index in [1.54, 1.807) is 26.2 Å². The Morgan fingerprint density at radius 3 is 2.13 bits per heavy atom. The van der Waals surface area contributed by atoms with Crippen molar-refractivity contribution in [1.82, 2.24) is 20.0 Å². The SMILES string of the molecule is CC[C@H](C)[C@@H]([C@@H](CC(=O)N1CCC[C@H]1[C@H](OC)[C@@H](C)C(=O)C[C@H](CO)Cc1ccccc1)OC)N(C)C(=O)[C@@H](CC(=O)N1[C@H](C)CNC[C@@H]1C)C(C)C. The van der Waals surface area contributed by atoms with E-state index in [1.165, 1.54) is 0 Å². The second-order valence-corrected chi connectivity index (χ2v) is 16.2. The van der Waals surface area contributed by atoms with Gasteiger partial charge in [0.25, 0.3) is 0 Å². The molecular formula is C42H70N4O7. The van der Waals surface area contributed by atoms with Crippen molar-refractivity contribution < 1.29 is 33.8 Å². The maximum atomic E-state index is 14.3. The number of amides is 3. The number of carbonyl (C=O) groups excluding carboxylic acids is 4. The predicted molar refractivity (Wildman–Crippen MR) is 208 cm³/mol. The number of aliphatic hydroxyl groups excluding tert-OH is 1. The molecule has 1 aromatic rings. The van der Waals surface area contributed by atoms with Gasteiger partial charge in [0.2, 0.25) is 17.7 Å². The zero-order valence-electron chi connectivity index (χ0n) is 34.3. The molecule has 0 radical (unpaired) electrons. The Labute approximate surface area is 319 Å². The summed E-state index contributed by atoms with van der Waals surface area (Å²) in [6, 6.07) is 9.29. The van der Waals surface area contributed by atoms with Crippen LogP contribution in [0, 0.1) is 29.6 Å². The number of hydrogen-bond donors (Lipinski definition) is 2. The van der Waals surface area contributed by atoms with Gasteiger partial charge >= 0.3 is 0 Å². The van der Waals surface area contributed by atoms with Crippen LogP contribution in [0.15, 0.2) is 30.3 Å². The molecule has 2 fully saturated rings. The molecule has 2 aliphatic heterocycles. The van der Waals surface area contributed by atoms with Crippen LogP contribution in [-0.4, -0.2) is 127 Å². The molecule has 2 heterocycles. The summed E-state index contributed by atoms with van der Waals surface area (Å²) < 4.78 is 12.0. The standard InChI is InChI=1S/C42H70N4O7/c1-11-28(4)40(44(8)42(51)34(27(2)3)22-39(50)46-29(5)24-43-25-30(46)6)37(52-9)23-38(49)45-19-15-18-35(45)41(53-10)31(7)36(48)21-33(26-47)20-32-16-13-12-14-17-32/h12-14,16-17,27-31,33-35,37,40-41,43,47H,11,15,18-26H2,1-10H3/t28-,29-,30+,31-,33+,34-,35-,37+,40-,41+/m0/s1. The van der Waals surface area contributed by atoms with Gasteiger partial charge in [0.15, 0.2) is 0 Å². The molecule has 10 atom stereocenters.